The third-order valence-electron chi connectivity index (χ3n) is 5.92. The van der Waals surface area contributed by atoms with E-state index in [1.54, 1.807) is 24.4 Å². The number of anilines is 1. The van der Waals surface area contributed by atoms with E-state index in [4.69, 9.17) is 0 Å². The Balaban J connectivity index is 1.29. The summed E-state index contributed by atoms with van der Waals surface area (Å²) in [5.74, 6) is -0.350. The number of fused-ring (bicyclic) bond motifs is 2. The number of hydrazone groups is 1. The summed E-state index contributed by atoms with van der Waals surface area (Å²) in [5.41, 5.74) is 5.61. The number of carbonyl (C=O) groups excluding carboxylic acids is 1. The topological polar surface area (TPSA) is 44.7 Å². The molecule has 0 spiro atoms. The molecule has 0 unspecified atom stereocenters. The Labute approximate surface area is 194 Å². The van der Waals surface area contributed by atoms with Crippen molar-refractivity contribution in [3.63, 3.8) is 0 Å². The molecule has 170 valence electrons. The van der Waals surface area contributed by atoms with E-state index in [-0.39, 0.29) is 5.91 Å². The number of hydrogen-bond acceptors (Lipinski definition) is 3. The summed E-state index contributed by atoms with van der Waals surface area (Å²) in [6.07, 6.45) is -2.77. The second-order valence-corrected chi connectivity index (χ2v) is 8.16. The van der Waals surface area contributed by atoms with E-state index in [1.165, 1.54) is 6.07 Å². The Bertz CT molecular complexity index is 1410. The Morgan fingerprint density at radius 3 is 2.50 bits per heavy atom. The van der Waals surface area contributed by atoms with Gasteiger partial charge in [0.1, 0.15) is 0 Å². The van der Waals surface area contributed by atoms with E-state index in [1.807, 2.05) is 53.4 Å². The average molecular weight is 459 g/mol. The molecule has 4 aromatic carbocycles. The molecule has 1 aliphatic rings. The van der Waals surface area contributed by atoms with Gasteiger partial charge in [-0.25, -0.2) is 5.43 Å². The van der Waals surface area contributed by atoms with Crippen molar-refractivity contribution in [2.75, 3.05) is 4.90 Å². The highest BCUT2D eigenvalue weighted by atomic mass is 19.4. The van der Waals surface area contributed by atoms with Crippen LogP contribution in [0, 0.1) is 0 Å². The van der Waals surface area contributed by atoms with Gasteiger partial charge in [-0.1, -0.05) is 54.6 Å². The molecule has 0 atom stereocenters. The second-order valence-electron chi connectivity index (χ2n) is 8.16. The van der Waals surface area contributed by atoms with Crippen molar-refractivity contribution in [1.29, 1.82) is 0 Å². The second kappa shape index (κ2) is 8.67. The highest BCUT2D eigenvalue weighted by molar-refractivity contribution is 6.00. The van der Waals surface area contributed by atoms with Crippen LogP contribution in [0.2, 0.25) is 0 Å². The van der Waals surface area contributed by atoms with Crippen molar-refractivity contribution < 1.29 is 18.0 Å². The first-order valence-electron chi connectivity index (χ1n) is 10.7. The molecule has 0 saturated heterocycles. The van der Waals surface area contributed by atoms with Gasteiger partial charge in [0, 0.05) is 29.9 Å². The molecule has 4 nitrogen and oxygen atoms in total. The van der Waals surface area contributed by atoms with E-state index in [0.717, 1.165) is 39.6 Å². The van der Waals surface area contributed by atoms with Gasteiger partial charge >= 0.3 is 6.18 Å². The van der Waals surface area contributed by atoms with E-state index in [0.29, 0.717) is 24.3 Å². The SMILES string of the molecule is O=C(NN=Cc1cccc2ccccc12)c1ccc2c(c1)CN(c1cccc(C(F)(F)F)c1)C2. The van der Waals surface area contributed by atoms with Gasteiger partial charge in [-0.3, -0.25) is 4.79 Å². The molecule has 0 bridgehead atoms. The number of alkyl halides is 3. The third-order valence-corrected chi connectivity index (χ3v) is 5.92. The van der Waals surface area contributed by atoms with E-state index >= 15 is 0 Å². The van der Waals surface area contributed by atoms with Crippen LogP contribution in [-0.4, -0.2) is 12.1 Å². The van der Waals surface area contributed by atoms with Crippen molar-refractivity contribution in [3.8, 4) is 0 Å². The lowest BCUT2D eigenvalue weighted by molar-refractivity contribution is -0.137. The Kier molecular flexibility index (Phi) is 5.53. The molecule has 4 aromatic rings. The average Bonchev–Trinajstić information content (AvgIpc) is 3.27. The largest absolute Gasteiger partial charge is 0.416 e. The molecule has 0 fully saturated rings. The Morgan fingerprint density at radius 2 is 1.65 bits per heavy atom. The molecule has 0 aliphatic carbocycles. The number of carbonyl (C=O) groups is 1. The lowest BCUT2D eigenvalue weighted by atomic mass is 10.1. The van der Waals surface area contributed by atoms with Crippen molar-refractivity contribution in [2.45, 2.75) is 19.3 Å². The number of nitrogens with one attached hydrogen (secondary N) is 1. The maximum absolute atomic E-state index is 13.1. The standard InChI is InChI=1S/C27H20F3N3O/c28-27(29,30)23-8-4-9-24(14-23)33-16-21-12-11-19(13-22(21)17-33)26(34)32-31-15-20-7-3-6-18-5-1-2-10-25(18)20/h1-15H,16-17H2,(H,32,34). The summed E-state index contributed by atoms with van der Waals surface area (Å²) < 4.78 is 39.2. The molecular weight excluding hydrogens is 439 g/mol. The highest BCUT2D eigenvalue weighted by Crippen LogP contribution is 2.34. The smallest absolute Gasteiger partial charge is 0.363 e. The van der Waals surface area contributed by atoms with Gasteiger partial charge in [0.15, 0.2) is 0 Å². The van der Waals surface area contributed by atoms with Crippen molar-refractivity contribution in [1.82, 2.24) is 5.43 Å². The fourth-order valence-corrected chi connectivity index (χ4v) is 4.19. The van der Waals surface area contributed by atoms with Gasteiger partial charge in [0.2, 0.25) is 0 Å². The van der Waals surface area contributed by atoms with Crippen LogP contribution < -0.4 is 10.3 Å². The fourth-order valence-electron chi connectivity index (χ4n) is 4.19. The van der Waals surface area contributed by atoms with Crippen LogP contribution in [0.4, 0.5) is 18.9 Å². The third kappa shape index (κ3) is 4.37. The Morgan fingerprint density at radius 1 is 0.882 bits per heavy atom. The first kappa shape index (κ1) is 21.7. The van der Waals surface area contributed by atoms with Crippen LogP contribution >= 0.6 is 0 Å². The monoisotopic (exact) mass is 459 g/mol. The summed E-state index contributed by atoms with van der Waals surface area (Å²) in [6.45, 7) is 0.912. The zero-order valence-corrected chi connectivity index (χ0v) is 18.0. The van der Waals surface area contributed by atoms with Gasteiger partial charge < -0.3 is 4.90 Å². The minimum atomic E-state index is -4.39. The lowest BCUT2D eigenvalue weighted by Gasteiger charge is -2.19. The quantitative estimate of drug-likeness (QED) is 0.294. The molecule has 1 amide bonds. The number of benzene rings is 4. The number of halogens is 3. The van der Waals surface area contributed by atoms with Gasteiger partial charge in [-0.2, -0.15) is 18.3 Å². The molecule has 7 heteroatoms. The molecule has 1 aliphatic heterocycles. The zero-order chi connectivity index (χ0) is 23.7. The van der Waals surface area contributed by atoms with Crippen LogP contribution in [0.3, 0.4) is 0 Å². The lowest BCUT2D eigenvalue weighted by Crippen LogP contribution is -2.18. The maximum atomic E-state index is 13.1. The van der Waals surface area contributed by atoms with E-state index in [9.17, 15) is 18.0 Å². The summed E-state index contributed by atoms with van der Waals surface area (Å²) in [7, 11) is 0. The zero-order valence-electron chi connectivity index (χ0n) is 18.0. The predicted molar refractivity (Wildman–Crippen MR) is 127 cm³/mol. The minimum absolute atomic E-state index is 0.350. The van der Waals surface area contributed by atoms with Crippen molar-refractivity contribution >= 4 is 28.6 Å². The molecular formula is C27H20F3N3O. The van der Waals surface area contributed by atoms with E-state index < -0.39 is 11.7 Å². The Hall–Kier alpha value is -4.13. The number of amides is 1. The summed E-state index contributed by atoms with van der Waals surface area (Å²) in [5, 5.41) is 6.24. The number of rotatable bonds is 4. The van der Waals surface area contributed by atoms with Crippen LogP contribution in [-0.2, 0) is 19.3 Å². The normalized spacial score (nSPS) is 13.4. The summed E-state index contributed by atoms with van der Waals surface area (Å²) >= 11 is 0. The fraction of sp³-hybridized carbons (Fsp3) is 0.111. The maximum Gasteiger partial charge on any atom is 0.416 e. The summed E-state index contributed by atoms with van der Waals surface area (Å²) in [6, 6.07) is 24.4. The molecule has 1 N–H and O–H groups in total. The molecule has 0 saturated carbocycles. The molecule has 0 radical (unpaired) electrons. The van der Waals surface area contributed by atoms with Gasteiger partial charge in [0.25, 0.3) is 5.91 Å². The predicted octanol–water partition coefficient (Wildman–Crippen LogP) is 6.14. The van der Waals surface area contributed by atoms with Crippen LogP contribution in [0.1, 0.15) is 32.6 Å². The van der Waals surface area contributed by atoms with Crippen LogP contribution in [0.5, 0.6) is 0 Å². The minimum Gasteiger partial charge on any atom is -0.363 e. The molecule has 34 heavy (non-hydrogen) atoms. The van der Waals surface area contributed by atoms with Crippen molar-refractivity contribution in [3.05, 3.63) is 113 Å². The van der Waals surface area contributed by atoms with Gasteiger partial charge in [0.05, 0.1) is 11.8 Å². The number of nitrogens with zero attached hydrogens (tertiary/aromatic N) is 2. The first-order valence-corrected chi connectivity index (χ1v) is 10.7. The molecule has 5 rings (SSSR count). The van der Waals surface area contributed by atoms with E-state index in [2.05, 4.69) is 10.5 Å². The summed E-state index contributed by atoms with van der Waals surface area (Å²) in [4.78, 5) is 14.5. The van der Waals surface area contributed by atoms with Gasteiger partial charge in [-0.15, -0.1) is 0 Å². The van der Waals surface area contributed by atoms with Crippen LogP contribution in [0.15, 0.2) is 90.0 Å². The molecule has 1 heterocycles. The van der Waals surface area contributed by atoms with Crippen molar-refractivity contribution in [2.24, 2.45) is 5.10 Å². The highest BCUT2D eigenvalue weighted by Gasteiger charge is 2.31. The van der Waals surface area contributed by atoms with Crippen LogP contribution in [0.25, 0.3) is 10.8 Å². The molecule has 0 aromatic heterocycles. The number of hydrogen-bond donors (Lipinski definition) is 1. The van der Waals surface area contributed by atoms with Gasteiger partial charge in [-0.05, 0) is 52.2 Å². The first-order chi connectivity index (χ1) is 16.4.